The highest BCUT2D eigenvalue weighted by molar-refractivity contribution is 7.99. The molecule has 4 rings (SSSR count). The van der Waals surface area contributed by atoms with Gasteiger partial charge in [0.15, 0.2) is 0 Å². The van der Waals surface area contributed by atoms with Crippen molar-refractivity contribution in [2.75, 3.05) is 23.5 Å². The number of thiophene rings is 1. The molecule has 0 aliphatic heterocycles. The molecule has 0 aliphatic rings. The minimum Gasteiger partial charge on any atom is -0.495 e. The second-order valence-corrected chi connectivity index (χ2v) is 8.70. The molecule has 162 valence electrons. The maximum Gasteiger partial charge on any atom is 0.255 e. The number of carbonyl (C=O) groups is 2. The Morgan fingerprint density at radius 1 is 1.06 bits per heavy atom. The van der Waals surface area contributed by atoms with E-state index in [4.69, 9.17) is 4.74 Å². The number of nitrogens with zero attached hydrogens (tertiary/aromatic N) is 2. The molecule has 0 unspecified atom stereocenters. The lowest BCUT2D eigenvalue weighted by atomic mass is 10.1. The number of amides is 2. The van der Waals surface area contributed by atoms with Gasteiger partial charge in [-0.3, -0.25) is 9.59 Å². The molecule has 7 nitrogen and oxygen atoms in total. The Balaban J connectivity index is 1.38. The van der Waals surface area contributed by atoms with Gasteiger partial charge in [-0.05, 0) is 41.8 Å². The molecule has 0 saturated carbocycles. The van der Waals surface area contributed by atoms with Crippen LogP contribution in [0.3, 0.4) is 0 Å². The maximum atomic E-state index is 12.6. The summed E-state index contributed by atoms with van der Waals surface area (Å²) in [5, 5.41) is 8.53. The van der Waals surface area contributed by atoms with E-state index in [1.807, 2.05) is 41.8 Å². The van der Waals surface area contributed by atoms with Crippen molar-refractivity contribution < 1.29 is 14.3 Å². The van der Waals surface area contributed by atoms with Crippen molar-refractivity contribution in [2.24, 2.45) is 0 Å². The number of ether oxygens (including phenoxy) is 1. The molecule has 2 aromatic carbocycles. The average molecular weight is 465 g/mol. The van der Waals surface area contributed by atoms with Gasteiger partial charge in [0.05, 0.1) is 23.0 Å². The summed E-state index contributed by atoms with van der Waals surface area (Å²) in [5.41, 5.74) is 2.47. The maximum absolute atomic E-state index is 12.6. The van der Waals surface area contributed by atoms with Gasteiger partial charge in [-0.2, -0.15) is 0 Å². The van der Waals surface area contributed by atoms with E-state index in [1.54, 1.807) is 29.5 Å². The van der Waals surface area contributed by atoms with Gasteiger partial charge in [-0.25, -0.2) is 9.97 Å². The molecule has 0 spiro atoms. The fourth-order valence-corrected chi connectivity index (χ4v) is 4.88. The molecule has 0 radical (unpaired) electrons. The number of para-hydroxylation sites is 1. The van der Waals surface area contributed by atoms with E-state index >= 15 is 0 Å². The van der Waals surface area contributed by atoms with Crippen molar-refractivity contribution in [3.63, 3.8) is 0 Å². The lowest BCUT2D eigenvalue weighted by molar-refractivity contribution is -0.115. The first-order chi connectivity index (χ1) is 15.6. The number of carbonyl (C=O) groups excluding carboxylic acids is 2. The van der Waals surface area contributed by atoms with Crippen LogP contribution in [0, 0.1) is 0 Å². The van der Waals surface area contributed by atoms with Crippen LogP contribution >= 0.6 is 23.1 Å². The SMILES string of the molecule is COc1ccc(C(=O)Nc2ccccc2)cc1NC(=O)CCSc1ncnc2ccsc12. The molecular formula is C23H20N4O3S2. The van der Waals surface area contributed by atoms with Crippen LogP contribution in [0.15, 0.2) is 71.3 Å². The first-order valence-corrected chi connectivity index (χ1v) is 11.7. The number of rotatable bonds is 8. The third-order valence-electron chi connectivity index (χ3n) is 4.55. The highest BCUT2D eigenvalue weighted by atomic mass is 32.2. The van der Waals surface area contributed by atoms with Gasteiger partial charge in [-0.1, -0.05) is 18.2 Å². The highest BCUT2D eigenvalue weighted by Crippen LogP contribution is 2.30. The van der Waals surface area contributed by atoms with Crippen molar-refractivity contribution in [1.29, 1.82) is 0 Å². The zero-order valence-electron chi connectivity index (χ0n) is 17.2. The number of benzene rings is 2. The summed E-state index contributed by atoms with van der Waals surface area (Å²) in [6, 6.07) is 16.1. The van der Waals surface area contributed by atoms with Gasteiger partial charge >= 0.3 is 0 Å². The Morgan fingerprint density at radius 3 is 2.72 bits per heavy atom. The van der Waals surface area contributed by atoms with E-state index < -0.39 is 0 Å². The second-order valence-electron chi connectivity index (χ2n) is 6.70. The number of hydrogen-bond donors (Lipinski definition) is 2. The Bertz CT molecular complexity index is 1240. The van der Waals surface area contributed by atoms with Crippen LogP contribution in [-0.4, -0.2) is 34.6 Å². The van der Waals surface area contributed by atoms with E-state index in [9.17, 15) is 9.59 Å². The van der Waals surface area contributed by atoms with Crippen molar-refractivity contribution in [1.82, 2.24) is 9.97 Å². The lowest BCUT2D eigenvalue weighted by Crippen LogP contribution is -2.15. The van der Waals surface area contributed by atoms with Crippen LogP contribution < -0.4 is 15.4 Å². The van der Waals surface area contributed by atoms with Gasteiger partial charge < -0.3 is 15.4 Å². The predicted molar refractivity (Wildman–Crippen MR) is 129 cm³/mol. The number of nitrogens with one attached hydrogen (secondary N) is 2. The van der Waals surface area contributed by atoms with Crippen LogP contribution in [0.2, 0.25) is 0 Å². The second kappa shape index (κ2) is 10.3. The number of fused-ring (bicyclic) bond motifs is 1. The van der Waals surface area contributed by atoms with Gasteiger partial charge in [-0.15, -0.1) is 23.1 Å². The average Bonchev–Trinajstić information content (AvgIpc) is 3.29. The molecule has 0 aliphatic carbocycles. The van der Waals surface area contributed by atoms with Crippen molar-refractivity contribution in [3.8, 4) is 5.75 Å². The molecule has 2 aromatic heterocycles. The van der Waals surface area contributed by atoms with E-state index in [-0.39, 0.29) is 18.2 Å². The highest BCUT2D eigenvalue weighted by Gasteiger charge is 2.14. The zero-order chi connectivity index (χ0) is 22.3. The summed E-state index contributed by atoms with van der Waals surface area (Å²) in [4.78, 5) is 33.7. The summed E-state index contributed by atoms with van der Waals surface area (Å²) in [5.74, 6) is 0.603. The fraction of sp³-hybridized carbons (Fsp3) is 0.130. The number of methoxy groups -OCH3 is 1. The molecule has 32 heavy (non-hydrogen) atoms. The molecule has 0 fully saturated rings. The van der Waals surface area contributed by atoms with E-state index in [2.05, 4.69) is 20.6 Å². The Hall–Kier alpha value is -3.43. The monoisotopic (exact) mass is 464 g/mol. The summed E-state index contributed by atoms with van der Waals surface area (Å²) in [6.07, 6.45) is 1.82. The summed E-state index contributed by atoms with van der Waals surface area (Å²) in [6.45, 7) is 0. The number of aromatic nitrogens is 2. The van der Waals surface area contributed by atoms with Crippen molar-refractivity contribution in [2.45, 2.75) is 11.4 Å². The Kier molecular flexibility index (Phi) is 6.98. The Labute approximate surface area is 193 Å². The predicted octanol–water partition coefficient (Wildman–Crippen LogP) is 5.07. The number of anilines is 2. The summed E-state index contributed by atoms with van der Waals surface area (Å²) < 4.78 is 6.37. The molecular weight excluding hydrogens is 444 g/mol. The van der Waals surface area contributed by atoms with Crippen molar-refractivity contribution >= 4 is 56.5 Å². The molecule has 4 aromatic rings. The van der Waals surface area contributed by atoms with Crippen LogP contribution in [0.25, 0.3) is 10.2 Å². The first kappa shape index (κ1) is 21.8. The third kappa shape index (κ3) is 5.24. The van der Waals surface area contributed by atoms with Gasteiger partial charge in [0.2, 0.25) is 5.91 Å². The topological polar surface area (TPSA) is 93.2 Å². The molecule has 0 bridgehead atoms. The van der Waals surface area contributed by atoms with Gasteiger partial charge in [0.25, 0.3) is 5.91 Å². The number of hydrogen-bond acceptors (Lipinski definition) is 7. The Morgan fingerprint density at radius 2 is 1.91 bits per heavy atom. The molecule has 2 N–H and O–H groups in total. The summed E-state index contributed by atoms with van der Waals surface area (Å²) >= 11 is 3.10. The van der Waals surface area contributed by atoms with Crippen LogP contribution in [0.4, 0.5) is 11.4 Å². The quantitative estimate of drug-likeness (QED) is 0.279. The molecule has 2 heterocycles. The van der Waals surface area contributed by atoms with Crippen LogP contribution in [-0.2, 0) is 4.79 Å². The van der Waals surface area contributed by atoms with Crippen LogP contribution in [0.5, 0.6) is 5.75 Å². The van der Waals surface area contributed by atoms with Crippen LogP contribution in [0.1, 0.15) is 16.8 Å². The van der Waals surface area contributed by atoms with Crippen molar-refractivity contribution in [3.05, 3.63) is 71.9 Å². The molecule has 2 amide bonds. The lowest BCUT2D eigenvalue weighted by Gasteiger charge is -2.12. The third-order valence-corrected chi connectivity index (χ3v) is 6.58. The number of thioether (sulfide) groups is 1. The molecule has 0 saturated heterocycles. The minimum atomic E-state index is -0.270. The molecule has 0 atom stereocenters. The standard InChI is InChI=1S/C23H20N4O3S2/c1-30-19-8-7-15(22(29)26-16-5-3-2-4-6-16)13-18(19)27-20(28)10-12-32-23-21-17(9-11-31-21)24-14-25-23/h2-9,11,13-14H,10,12H2,1H3,(H,26,29)(H,27,28). The van der Waals surface area contributed by atoms with Gasteiger partial charge in [0, 0.05) is 23.4 Å². The fourth-order valence-electron chi connectivity index (χ4n) is 2.99. The van der Waals surface area contributed by atoms with E-state index in [0.29, 0.717) is 28.4 Å². The van der Waals surface area contributed by atoms with Gasteiger partial charge in [0.1, 0.15) is 17.1 Å². The smallest absolute Gasteiger partial charge is 0.255 e. The first-order valence-electron chi connectivity index (χ1n) is 9.79. The summed E-state index contributed by atoms with van der Waals surface area (Å²) in [7, 11) is 1.52. The zero-order valence-corrected chi connectivity index (χ0v) is 18.8. The molecule has 9 heteroatoms. The normalized spacial score (nSPS) is 10.7. The van der Waals surface area contributed by atoms with E-state index in [1.165, 1.54) is 25.2 Å². The van der Waals surface area contributed by atoms with E-state index in [0.717, 1.165) is 15.2 Å². The largest absolute Gasteiger partial charge is 0.495 e. The minimum absolute atomic E-state index is 0.173.